The monoisotopic (exact) mass is 327 g/mol. The van der Waals surface area contributed by atoms with Crippen LogP contribution in [0.25, 0.3) is 0 Å². The highest BCUT2D eigenvalue weighted by molar-refractivity contribution is 7.58. The summed E-state index contributed by atoms with van der Waals surface area (Å²) in [7, 11) is 1.90. The number of nitrogens with one attached hydrogen (secondary N) is 1. The summed E-state index contributed by atoms with van der Waals surface area (Å²) in [6, 6.07) is 3.68. The predicted molar refractivity (Wildman–Crippen MR) is 83.2 cm³/mol. The number of aromatic nitrogens is 2. The predicted octanol–water partition coefficient (Wildman–Crippen LogP) is 4.63. The van der Waals surface area contributed by atoms with Crippen molar-refractivity contribution in [2.45, 2.75) is 13.0 Å². The van der Waals surface area contributed by atoms with Crippen LogP contribution >= 0.6 is 23.2 Å². The summed E-state index contributed by atoms with van der Waals surface area (Å²) in [5.41, 5.74) is 3.16. The fourth-order valence-electron chi connectivity index (χ4n) is 2.11. The Balaban J connectivity index is 1.99. The minimum Gasteiger partial charge on any atom is -0.374 e. The van der Waals surface area contributed by atoms with Gasteiger partial charge in [-0.3, -0.25) is 4.68 Å². The van der Waals surface area contributed by atoms with E-state index in [0.29, 0.717) is 21.4 Å². The maximum Gasteiger partial charge on any atom is 0.130 e. The van der Waals surface area contributed by atoms with Crippen LogP contribution in [-0.4, -0.2) is 9.78 Å². The van der Waals surface area contributed by atoms with E-state index >= 15 is 0 Å². The molecule has 1 atom stereocenters. The van der Waals surface area contributed by atoms with Crippen LogP contribution in [0.15, 0.2) is 27.1 Å². The number of aryl methyl sites for hydroxylation is 1. The van der Waals surface area contributed by atoms with Crippen LogP contribution in [0.4, 0.5) is 17.1 Å². The Kier molecular flexibility index (Phi) is 3.54. The molecule has 0 aliphatic carbocycles. The fourth-order valence-corrected chi connectivity index (χ4v) is 3.28. The van der Waals surface area contributed by atoms with Crippen LogP contribution in [0.3, 0.4) is 0 Å². The number of rotatable bonds is 3. The summed E-state index contributed by atoms with van der Waals surface area (Å²) in [6.45, 7) is 2.04. The summed E-state index contributed by atoms with van der Waals surface area (Å²) in [5.74, 6) is 0. The van der Waals surface area contributed by atoms with Gasteiger partial charge in [0.05, 0.1) is 38.8 Å². The Bertz CT molecular complexity index is 749. The molecule has 0 radical (unpaired) electrons. The van der Waals surface area contributed by atoms with Crippen molar-refractivity contribution in [1.82, 2.24) is 9.78 Å². The molecule has 20 heavy (non-hydrogen) atoms. The van der Waals surface area contributed by atoms with Crippen molar-refractivity contribution in [3.8, 4) is 0 Å². The first-order valence-electron chi connectivity index (χ1n) is 5.92. The highest BCUT2D eigenvalue weighted by Gasteiger charge is 2.21. The van der Waals surface area contributed by atoms with E-state index in [9.17, 15) is 0 Å². The zero-order valence-electron chi connectivity index (χ0n) is 10.8. The Morgan fingerprint density at radius 3 is 2.70 bits per heavy atom. The van der Waals surface area contributed by atoms with Crippen LogP contribution in [0.1, 0.15) is 18.7 Å². The zero-order chi connectivity index (χ0) is 14.3. The fraction of sp³-hybridized carbons (Fsp3) is 0.250. The summed E-state index contributed by atoms with van der Waals surface area (Å²) in [4.78, 5) is 0. The first-order chi connectivity index (χ1) is 9.58. The minimum absolute atomic E-state index is 0.0334. The van der Waals surface area contributed by atoms with E-state index in [0.717, 1.165) is 22.7 Å². The molecular formula is C12H11Cl2N5S. The largest absolute Gasteiger partial charge is 0.374 e. The standard InChI is InChI=1S/C12H11Cl2N5S/c1-6(9-3-4-15-19(9)2)16-10-7(13)5-8(14)11-12(10)18-20-17-11/h3-6,16H,1-2H3. The molecule has 1 aromatic heterocycles. The van der Waals surface area contributed by atoms with Gasteiger partial charge >= 0.3 is 0 Å². The summed E-state index contributed by atoms with van der Waals surface area (Å²) in [6.07, 6.45) is 1.76. The number of benzene rings is 1. The number of hydrogen-bond acceptors (Lipinski definition) is 4. The van der Waals surface area contributed by atoms with Crippen molar-refractivity contribution >= 4 is 51.6 Å². The van der Waals surface area contributed by atoms with Gasteiger partial charge in [0, 0.05) is 13.2 Å². The number of nitrogens with zero attached hydrogens (tertiary/aromatic N) is 4. The van der Waals surface area contributed by atoms with E-state index in [-0.39, 0.29) is 6.04 Å². The molecule has 1 aliphatic rings. The molecule has 2 aromatic rings. The third kappa shape index (κ3) is 2.24. The van der Waals surface area contributed by atoms with E-state index in [2.05, 4.69) is 19.1 Å². The highest BCUT2D eigenvalue weighted by atomic mass is 35.5. The van der Waals surface area contributed by atoms with Gasteiger partial charge in [-0.1, -0.05) is 23.2 Å². The van der Waals surface area contributed by atoms with E-state index in [1.54, 1.807) is 12.3 Å². The maximum absolute atomic E-state index is 6.28. The topological polar surface area (TPSA) is 54.6 Å². The molecule has 5 nitrogen and oxygen atoms in total. The average Bonchev–Trinajstić information content (AvgIpc) is 3.02. The molecule has 2 heterocycles. The summed E-state index contributed by atoms with van der Waals surface area (Å²) < 4.78 is 10.3. The molecule has 0 fully saturated rings. The van der Waals surface area contributed by atoms with Gasteiger partial charge in [0.25, 0.3) is 0 Å². The summed E-state index contributed by atoms with van der Waals surface area (Å²) >= 11 is 13.5. The first kappa shape index (κ1) is 13.6. The van der Waals surface area contributed by atoms with Gasteiger partial charge < -0.3 is 5.32 Å². The van der Waals surface area contributed by atoms with E-state index in [1.807, 2.05) is 24.7 Å². The normalized spacial score (nSPS) is 14.0. The number of fused-ring (bicyclic) bond motifs is 1. The lowest BCUT2D eigenvalue weighted by atomic mass is 10.2. The second kappa shape index (κ2) is 5.20. The van der Waals surface area contributed by atoms with Crippen molar-refractivity contribution in [3.05, 3.63) is 34.1 Å². The van der Waals surface area contributed by atoms with Crippen LogP contribution in [0.2, 0.25) is 10.0 Å². The SMILES string of the molecule is CC(Nc1c(Cl)cc(Cl)c2c1N=S=N2)c1ccnn1C. The molecule has 104 valence electrons. The molecule has 0 bridgehead atoms. The van der Waals surface area contributed by atoms with Crippen molar-refractivity contribution in [3.63, 3.8) is 0 Å². The second-order valence-electron chi connectivity index (χ2n) is 4.42. The van der Waals surface area contributed by atoms with Crippen LogP contribution in [-0.2, 0) is 18.4 Å². The zero-order valence-corrected chi connectivity index (χ0v) is 13.1. The van der Waals surface area contributed by atoms with E-state index in [4.69, 9.17) is 23.2 Å². The first-order valence-corrected chi connectivity index (χ1v) is 7.41. The van der Waals surface area contributed by atoms with Crippen LogP contribution in [0, 0.1) is 0 Å². The number of halogens is 2. The van der Waals surface area contributed by atoms with Gasteiger partial charge in [-0.2, -0.15) is 13.8 Å². The number of anilines is 1. The lowest BCUT2D eigenvalue weighted by Gasteiger charge is -2.18. The van der Waals surface area contributed by atoms with Gasteiger partial charge in [0.1, 0.15) is 11.4 Å². The van der Waals surface area contributed by atoms with Crippen LogP contribution < -0.4 is 5.32 Å². The Morgan fingerprint density at radius 1 is 1.25 bits per heavy atom. The number of hydrogen-bond donors (Lipinski definition) is 1. The third-order valence-electron chi connectivity index (χ3n) is 3.11. The average molecular weight is 328 g/mol. The lowest BCUT2D eigenvalue weighted by Crippen LogP contribution is -2.11. The Labute approximate surface area is 129 Å². The molecule has 1 N–H and O–H groups in total. The molecule has 3 rings (SSSR count). The second-order valence-corrected chi connectivity index (χ2v) is 5.77. The van der Waals surface area contributed by atoms with Crippen molar-refractivity contribution < 1.29 is 0 Å². The third-order valence-corrected chi connectivity index (χ3v) is 4.22. The highest BCUT2D eigenvalue weighted by Crippen LogP contribution is 2.48. The Hall–Kier alpha value is -1.37. The molecule has 0 amide bonds. The van der Waals surface area contributed by atoms with Crippen molar-refractivity contribution in [2.24, 2.45) is 15.8 Å². The maximum atomic E-state index is 6.28. The van der Waals surface area contributed by atoms with Crippen molar-refractivity contribution in [1.29, 1.82) is 0 Å². The molecule has 0 spiro atoms. The molecule has 1 unspecified atom stereocenters. The molecule has 0 saturated carbocycles. The molecule has 1 aromatic carbocycles. The van der Waals surface area contributed by atoms with E-state index < -0.39 is 0 Å². The summed E-state index contributed by atoms with van der Waals surface area (Å²) in [5, 5.41) is 8.57. The smallest absolute Gasteiger partial charge is 0.130 e. The van der Waals surface area contributed by atoms with Gasteiger partial charge in [0.2, 0.25) is 0 Å². The lowest BCUT2D eigenvalue weighted by molar-refractivity contribution is 0.676. The minimum atomic E-state index is 0.0334. The van der Waals surface area contributed by atoms with E-state index in [1.165, 1.54) is 0 Å². The Morgan fingerprint density at radius 2 is 2.00 bits per heavy atom. The van der Waals surface area contributed by atoms with Gasteiger partial charge in [-0.15, -0.1) is 0 Å². The van der Waals surface area contributed by atoms with Crippen LogP contribution in [0.5, 0.6) is 0 Å². The molecule has 8 heteroatoms. The van der Waals surface area contributed by atoms with Gasteiger partial charge in [-0.05, 0) is 19.1 Å². The van der Waals surface area contributed by atoms with Gasteiger partial charge in [-0.25, -0.2) is 0 Å². The molecule has 1 aliphatic heterocycles. The molecular weight excluding hydrogens is 317 g/mol. The van der Waals surface area contributed by atoms with Gasteiger partial charge in [0.15, 0.2) is 0 Å². The molecule has 0 saturated heterocycles. The van der Waals surface area contributed by atoms with Crippen molar-refractivity contribution in [2.75, 3.05) is 5.32 Å². The quantitative estimate of drug-likeness (QED) is 0.762.